The number of urea groups is 1. The summed E-state index contributed by atoms with van der Waals surface area (Å²) in [4.78, 5) is 36.9. The Hall–Kier alpha value is -1.96. The van der Waals surface area contributed by atoms with Crippen molar-refractivity contribution in [3.05, 3.63) is 0 Å². The topological polar surface area (TPSA) is 155 Å². The molecule has 2 heterocycles. The number of amides is 3. The van der Waals surface area contributed by atoms with Gasteiger partial charge in [-0.2, -0.15) is 13.5 Å². The predicted molar refractivity (Wildman–Crippen MR) is 92.5 cm³/mol. The second-order valence-corrected chi connectivity index (χ2v) is 8.37. The van der Waals surface area contributed by atoms with E-state index in [1.807, 2.05) is 0 Å². The molecule has 12 nitrogen and oxygen atoms in total. The van der Waals surface area contributed by atoms with Crippen LogP contribution in [0.2, 0.25) is 0 Å². The normalized spacial score (nSPS) is 22.5. The van der Waals surface area contributed by atoms with Gasteiger partial charge in [0.25, 0.3) is 0 Å². The Labute approximate surface area is 163 Å². The van der Waals surface area contributed by atoms with E-state index in [2.05, 4.69) is 0 Å². The van der Waals surface area contributed by atoms with Crippen LogP contribution >= 0.6 is 0 Å². The van der Waals surface area contributed by atoms with Crippen LogP contribution in [0, 0.1) is 5.41 Å². The summed E-state index contributed by atoms with van der Waals surface area (Å²) in [6, 6.07) is -2.13. The van der Waals surface area contributed by atoms with E-state index in [1.54, 1.807) is 0 Å². The first-order chi connectivity index (χ1) is 13.0. The summed E-state index contributed by atoms with van der Waals surface area (Å²) >= 11 is 0. The molecule has 28 heavy (non-hydrogen) atoms. The van der Waals surface area contributed by atoms with Gasteiger partial charge in [-0.25, -0.2) is 8.98 Å². The van der Waals surface area contributed by atoms with Gasteiger partial charge in [-0.3, -0.25) is 9.59 Å². The number of esters is 1. The van der Waals surface area contributed by atoms with Gasteiger partial charge in [0, 0.05) is 13.7 Å². The van der Waals surface area contributed by atoms with Gasteiger partial charge >= 0.3 is 22.4 Å². The molecule has 160 valence electrons. The Kier molecular flexibility index (Phi) is 6.85. The molecule has 2 N–H and O–H groups in total. The molecule has 0 aromatic heterocycles. The smallest absolute Gasteiger partial charge is 0.421 e. The Morgan fingerprint density at radius 3 is 2.54 bits per heavy atom. The largest absolute Gasteiger partial charge is 0.463 e. The lowest BCUT2D eigenvalue weighted by atomic mass is 9.95. The zero-order valence-corrected chi connectivity index (χ0v) is 16.8. The van der Waals surface area contributed by atoms with Crippen LogP contribution < -0.4 is 5.73 Å². The average Bonchev–Trinajstić information content (AvgIpc) is 2.84. The van der Waals surface area contributed by atoms with Crippen molar-refractivity contribution in [3.63, 3.8) is 0 Å². The van der Waals surface area contributed by atoms with Crippen LogP contribution in [-0.4, -0.2) is 81.8 Å². The third kappa shape index (κ3) is 5.10. The number of fused-ring (bicyclic) bond motifs is 2. The summed E-state index contributed by atoms with van der Waals surface area (Å²) in [5.74, 6) is -1.34. The maximum absolute atomic E-state index is 12.3. The minimum atomic E-state index is -4.64. The number of piperidine rings is 1. The fourth-order valence-corrected chi connectivity index (χ4v) is 3.70. The molecule has 13 heteroatoms. The molecule has 2 aliphatic rings. The van der Waals surface area contributed by atoms with Gasteiger partial charge in [0.2, 0.25) is 5.91 Å². The number of ether oxygens (including phenoxy) is 2. The molecule has 2 aliphatic heterocycles. The van der Waals surface area contributed by atoms with Crippen LogP contribution in [0.15, 0.2) is 0 Å². The first kappa shape index (κ1) is 22.3. The van der Waals surface area contributed by atoms with Crippen LogP contribution in [0.4, 0.5) is 4.79 Å². The van der Waals surface area contributed by atoms with Crippen molar-refractivity contribution in [1.29, 1.82) is 0 Å². The van der Waals surface area contributed by atoms with E-state index >= 15 is 0 Å². The van der Waals surface area contributed by atoms with Crippen molar-refractivity contribution >= 4 is 28.3 Å². The van der Waals surface area contributed by atoms with E-state index in [-0.39, 0.29) is 19.8 Å². The van der Waals surface area contributed by atoms with Gasteiger partial charge in [0.05, 0.1) is 24.7 Å². The number of nitrogens with two attached hydrogens (primary N) is 1. The number of rotatable bonds is 10. The Balaban J connectivity index is 1.94. The fourth-order valence-electron chi connectivity index (χ4n) is 2.84. The van der Waals surface area contributed by atoms with E-state index in [9.17, 15) is 22.8 Å². The zero-order valence-electron chi connectivity index (χ0n) is 16.0. The van der Waals surface area contributed by atoms with Gasteiger partial charge in [-0.1, -0.05) is 0 Å². The molecule has 0 saturated carbocycles. The third-order valence-corrected chi connectivity index (χ3v) is 5.21. The number of methoxy groups -OCH3 is 1. The van der Waals surface area contributed by atoms with Crippen LogP contribution in [0.5, 0.6) is 0 Å². The highest BCUT2D eigenvalue weighted by Crippen LogP contribution is 2.31. The van der Waals surface area contributed by atoms with Gasteiger partial charge in [-0.05, 0) is 26.7 Å². The fraction of sp³-hybridized carbons (Fsp3) is 0.800. The molecule has 0 aromatic carbocycles. The summed E-state index contributed by atoms with van der Waals surface area (Å²) in [7, 11) is -3.19. The van der Waals surface area contributed by atoms with Gasteiger partial charge in [-0.15, -0.1) is 4.28 Å². The van der Waals surface area contributed by atoms with E-state index in [4.69, 9.17) is 23.7 Å². The standard InChI is InChI=1S/C15H25N3O9S/c1-15(2,13(20)25-7-6-24-3)9-26-28(22,23)27-18-10-4-5-11(12(16)19)17(8-10)14(18)21/h10-11H,4-9H2,1-3H3,(H2,16,19). The maximum Gasteiger partial charge on any atom is 0.421 e. The maximum atomic E-state index is 12.3. The van der Waals surface area contributed by atoms with Crippen molar-refractivity contribution in [2.24, 2.45) is 11.1 Å². The molecule has 0 aliphatic carbocycles. The molecule has 2 saturated heterocycles. The molecular weight excluding hydrogens is 398 g/mol. The summed E-state index contributed by atoms with van der Waals surface area (Å²) < 4.78 is 43.6. The highest BCUT2D eigenvalue weighted by Gasteiger charge is 2.49. The number of hydrogen-bond acceptors (Lipinski definition) is 9. The number of hydrogen-bond donors (Lipinski definition) is 1. The van der Waals surface area contributed by atoms with E-state index in [1.165, 1.54) is 25.9 Å². The zero-order chi connectivity index (χ0) is 21.1. The van der Waals surface area contributed by atoms with Crippen molar-refractivity contribution < 1.29 is 40.7 Å². The highest BCUT2D eigenvalue weighted by molar-refractivity contribution is 7.81. The Bertz CT molecular complexity index is 724. The van der Waals surface area contributed by atoms with Crippen molar-refractivity contribution in [2.75, 3.05) is 33.5 Å². The molecule has 3 amide bonds. The van der Waals surface area contributed by atoms with Crippen LogP contribution in [-0.2, 0) is 37.9 Å². The van der Waals surface area contributed by atoms with Crippen LogP contribution in [0.1, 0.15) is 26.7 Å². The molecule has 2 fully saturated rings. The van der Waals surface area contributed by atoms with E-state index in [0.717, 1.165) is 0 Å². The molecule has 2 unspecified atom stereocenters. The highest BCUT2D eigenvalue weighted by atomic mass is 32.3. The molecule has 2 bridgehead atoms. The summed E-state index contributed by atoms with van der Waals surface area (Å²) in [6.07, 6.45) is 0.662. The predicted octanol–water partition coefficient (Wildman–Crippen LogP) is -0.851. The van der Waals surface area contributed by atoms with Gasteiger partial charge in [0.1, 0.15) is 12.6 Å². The lowest BCUT2D eigenvalue weighted by Gasteiger charge is -2.27. The first-order valence-electron chi connectivity index (χ1n) is 8.63. The number of carbonyl (C=O) groups excluding carboxylic acids is 3. The molecule has 0 radical (unpaired) electrons. The molecule has 0 aromatic rings. The second-order valence-electron chi connectivity index (χ2n) is 7.17. The summed E-state index contributed by atoms with van der Waals surface area (Å²) in [5, 5.41) is 0.669. The molecular formula is C15H25N3O9S. The number of hydroxylamine groups is 2. The van der Waals surface area contributed by atoms with Crippen LogP contribution in [0.25, 0.3) is 0 Å². The van der Waals surface area contributed by atoms with Crippen molar-refractivity contribution in [3.8, 4) is 0 Å². The minimum Gasteiger partial charge on any atom is -0.463 e. The van der Waals surface area contributed by atoms with E-state index < -0.39 is 52.4 Å². The number of primary amides is 1. The molecule has 0 spiro atoms. The SMILES string of the molecule is COCCOC(=O)C(C)(C)COS(=O)(=O)ON1C(=O)N2CC1CCC2C(N)=O. The first-order valence-corrected chi connectivity index (χ1v) is 9.96. The molecule has 2 atom stereocenters. The Morgan fingerprint density at radius 1 is 1.25 bits per heavy atom. The van der Waals surface area contributed by atoms with E-state index in [0.29, 0.717) is 17.9 Å². The third-order valence-electron chi connectivity index (χ3n) is 4.46. The second kappa shape index (κ2) is 8.59. The molecule has 2 rings (SSSR count). The number of carbonyl (C=O) groups is 3. The monoisotopic (exact) mass is 423 g/mol. The summed E-state index contributed by atoms with van der Waals surface area (Å²) in [5.41, 5.74) is 3.99. The summed E-state index contributed by atoms with van der Waals surface area (Å²) in [6.45, 7) is 2.67. The van der Waals surface area contributed by atoms with Gasteiger partial charge < -0.3 is 20.1 Å². The van der Waals surface area contributed by atoms with Crippen molar-refractivity contribution in [2.45, 2.75) is 38.8 Å². The minimum absolute atomic E-state index is 0.0167. The Morgan fingerprint density at radius 2 is 1.93 bits per heavy atom. The quantitative estimate of drug-likeness (QED) is 0.349. The van der Waals surface area contributed by atoms with Gasteiger partial charge in [0.15, 0.2) is 0 Å². The lowest BCUT2D eigenvalue weighted by Crippen LogP contribution is -2.47. The lowest BCUT2D eigenvalue weighted by molar-refractivity contribution is -0.157. The average molecular weight is 423 g/mol. The number of nitrogens with zero attached hydrogens (tertiary/aromatic N) is 2. The van der Waals surface area contributed by atoms with Crippen molar-refractivity contribution in [1.82, 2.24) is 9.96 Å². The van der Waals surface area contributed by atoms with Crippen LogP contribution in [0.3, 0.4) is 0 Å².